The zero-order chi connectivity index (χ0) is 29.3. The highest BCUT2D eigenvalue weighted by Crippen LogP contribution is 2.30. The van der Waals surface area contributed by atoms with E-state index in [4.69, 9.17) is 0 Å². The number of halogens is 3. The fourth-order valence-electron chi connectivity index (χ4n) is 3.91. The first-order valence-electron chi connectivity index (χ1n) is 13.3. The number of anilines is 1. The van der Waals surface area contributed by atoms with Crippen LogP contribution in [0.1, 0.15) is 48.6 Å². The van der Waals surface area contributed by atoms with Crippen molar-refractivity contribution in [2.24, 2.45) is 5.92 Å². The summed E-state index contributed by atoms with van der Waals surface area (Å²) >= 11 is 0. The molecule has 0 unspecified atom stereocenters. The van der Waals surface area contributed by atoms with Gasteiger partial charge in [0.1, 0.15) is 11.6 Å². The Balaban J connectivity index is 0.00000103. The van der Waals surface area contributed by atoms with E-state index in [1.165, 1.54) is 17.7 Å². The van der Waals surface area contributed by atoms with Crippen LogP contribution < -0.4 is 4.90 Å². The molecule has 210 valence electrons. The number of aliphatic hydroxyl groups excluding tert-OH is 1. The Bertz CT molecular complexity index is 1340. The fourth-order valence-corrected chi connectivity index (χ4v) is 3.91. The SMILES string of the molecule is C=C(O)c1ccc(CCN(Cc2ccc(C(F)(F)F)cc2)c2ccc(-c3ccc(C)cc3)cn2)cc1.CC(C)C. The molecule has 0 aliphatic carbocycles. The van der Waals surface area contributed by atoms with Gasteiger partial charge in [0.25, 0.3) is 0 Å². The highest BCUT2D eigenvalue weighted by molar-refractivity contribution is 5.64. The number of benzene rings is 3. The smallest absolute Gasteiger partial charge is 0.416 e. The number of nitrogens with zero attached hydrogens (tertiary/aromatic N) is 2. The highest BCUT2D eigenvalue weighted by Gasteiger charge is 2.30. The number of rotatable bonds is 8. The summed E-state index contributed by atoms with van der Waals surface area (Å²) in [5.74, 6) is 1.59. The first-order valence-corrected chi connectivity index (χ1v) is 13.3. The van der Waals surface area contributed by atoms with Crippen molar-refractivity contribution in [1.82, 2.24) is 4.98 Å². The van der Waals surface area contributed by atoms with Crippen LogP contribution in [0.25, 0.3) is 16.9 Å². The van der Waals surface area contributed by atoms with E-state index in [9.17, 15) is 18.3 Å². The van der Waals surface area contributed by atoms with Crippen molar-refractivity contribution < 1.29 is 18.3 Å². The van der Waals surface area contributed by atoms with Gasteiger partial charge < -0.3 is 10.0 Å². The normalized spacial score (nSPS) is 11.1. The molecule has 3 nitrogen and oxygen atoms in total. The number of hydrogen-bond donors (Lipinski definition) is 1. The third-order valence-electron chi connectivity index (χ3n) is 6.07. The number of aryl methyl sites for hydroxylation is 1. The number of aliphatic hydroxyl groups is 1. The van der Waals surface area contributed by atoms with Crippen LogP contribution in [0.5, 0.6) is 0 Å². The standard InChI is InChI=1S/C30H27F3N2O.C4H10/c1-21-3-9-26(10-4-21)27-13-16-29(34-19-27)35(18-17-23-5-11-25(12-6-23)22(2)36)20-24-7-14-28(15-8-24)30(31,32)33;1-4(2)3/h3-16,19,36H,2,17-18,20H2,1H3;4H,1-3H3. The molecule has 0 atom stereocenters. The lowest BCUT2D eigenvalue weighted by molar-refractivity contribution is -0.137. The van der Waals surface area contributed by atoms with Crippen LogP contribution in [-0.4, -0.2) is 16.6 Å². The van der Waals surface area contributed by atoms with E-state index in [0.717, 1.165) is 46.1 Å². The summed E-state index contributed by atoms with van der Waals surface area (Å²) in [6.45, 7) is 13.1. The largest absolute Gasteiger partial charge is 0.508 e. The van der Waals surface area contributed by atoms with Gasteiger partial charge in [-0.3, -0.25) is 0 Å². The summed E-state index contributed by atoms with van der Waals surface area (Å²) in [5, 5.41) is 9.55. The molecule has 4 rings (SSSR count). The van der Waals surface area contributed by atoms with E-state index < -0.39 is 11.7 Å². The molecule has 3 aromatic carbocycles. The van der Waals surface area contributed by atoms with Crippen molar-refractivity contribution in [2.45, 2.75) is 46.8 Å². The van der Waals surface area contributed by atoms with Gasteiger partial charge in [0.05, 0.1) is 5.56 Å². The lowest BCUT2D eigenvalue weighted by atomic mass is 10.1. The van der Waals surface area contributed by atoms with Crippen LogP contribution in [0.4, 0.5) is 19.0 Å². The Morgan fingerprint density at radius 3 is 1.88 bits per heavy atom. The Morgan fingerprint density at radius 1 is 0.825 bits per heavy atom. The van der Waals surface area contributed by atoms with E-state index in [1.54, 1.807) is 0 Å². The first kappa shape index (κ1) is 30.5. The summed E-state index contributed by atoms with van der Waals surface area (Å²) in [7, 11) is 0. The lowest BCUT2D eigenvalue weighted by Crippen LogP contribution is -2.26. The van der Waals surface area contributed by atoms with Gasteiger partial charge in [0, 0.05) is 30.4 Å². The van der Waals surface area contributed by atoms with Crippen molar-refractivity contribution in [1.29, 1.82) is 0 Å². The van der Waals surface area contributed by atoms with E-state index >= 15 is 0 Å². The minimum Gasteiger partial charge on any atom is -0.508 e. The van der Waals surface area contributed by atoms with Crippen LogP contribution >= 0.6 is 0 Å². The highest BCUT2D eigenvalue weighted by atomic mass is 19.4. The molecule has 0 spiro atoms. The Labute approximate surface area is 235 Å². The van der Waals surface area contributed by atoms with Crippen molar-refractivity contribution in [3.63, 3.8) is 0 Å². The lowest BCUT2D eigenvalue weighted by Gasteiger charge is -2.24. The average molecular weight is 547 g/mol. The van der Waals surface area contributed by atoms with E-state index in [0.29, 0.717) is 25.1 Å². The molecule has 4 aromatic rings. The van der Waals surface area contributed by atoms with Crippen LogP contribution in [-0.2, 0) is 19.1 Å². The van der Waals surface area contributed by atoms with Gasteiger partial charge in [-0.25, -0.2) is 4.98 Å². The van der Waals surface area contributed by atoms with E-state index in [1.807, 2.05) is 49.5 Å². The number of aromatic nitrogens is 1. The fraction of sp³-hybridized carbons (Fsp3) is 0.265. The molecular weight excluding hydrogens is 509 g/mol. The maximum atomic E-state index is 13.0. The van der Waals surface area contributed by atoms with Gasteiger partial charge in [-0.1, -0.05) is 93.6 Å². The summed E-state index contributed by atoms with van der Waals surface area (Å²) < 4.78 is 39.0. The van der Waals surface area contributed by atoms with Crippen molar-refractivity contribution >= 4 is 11.6 Å². The summed E-state index contributed by atoms with van der Waals surface area (Å²) in [4.78, 5) is 6.74. The second kappa shape index (κ2) is 13.8. The van der Waals surface area contributed by atoms with Crippen molar-refractivity contribution in [2.75, 3.05) is 11.4 Å². The Kier molecular flexibility index (Phi) is 10.5. The monoisotopic (exact) mass is 546 g/mol. The molecule has 40 heavy (non-hydrogen) atoms. The molecule has 0 aliphatic rings. The summed E-state index contributed by atoms with van der Waals surface area (Å²) in [6, 6.07) is 24.9. The molecule has 0 radical (unpaired) electrons. The molecule has 0 fully saturated rings. The molecule has 0 bridgehead atoms. The van der Waals surface area contributed by atoms with Gasteiger partial charge >= 0.3 is 6.18 Å². The maximum Gasteiger partial charge on any atom is 0.416 e. The van der Waals surface area contributed by atoms with Gasteiger partial charge in [0.2, 0.25) is 0 Å². The van der Waals surface area contributed by atoms with Crippen LogP contribution in [0.2, 0.25) is 0 Å². The molecule has 0 aliphatic heterocycles. The second-order valence-corrected chi connectivity index (χ2v) is 10.5. The predicted molar refractivity (Wildman–Crippen MR) is 159 cm³/mol. The minimum absolute atomic E-state index is 0.0170. The zero-order valence-electron chi connectivity index (χ0n) is 23.5. The number of pyridine rings is 1. The van der Waals surface area contributed by atoms with Gasteiger partial charge in [-0.15, -0.1) is 0 Å². The van der Waals surface area contributed by atoms with E-state index in [2.05, 4.69) is 61.5 Å². The Hall–Kier alpha value is -4.06. The zero-order valence-corrected chi connectivity index (χ0v) is 23.5. The predicted octanol–water partition coefficient (Wildman–Crippen LogP) is 9.52. The molecule has 6 heteroatoms. The minimum atomic E-state index is -4.36. The van der Waals surface area contributed by atoms with Crippen molar-refractivity contribution in [3.05, 3.63) is 126 Å². The molecule has 1 N–H and O–H groups in total. The topological polar surface area (TPSA) is 36.4 Å². The molecule has 1 heterocycles. The maximum absolute atomic E-state index is 13.0. The third kappa shape index (κ3) is 9.30. The quantitative estimate of drug-likeness (QED) is 0.224. The number of hydrogen-bond acceptors (Lipinski definition) is 3. The summed E-state index contributed by atoms with van der Waals surface area (Å²) in [5.41, 5.74) is 5.07. The second-order valence-electron chi connectivity index (χ2n) is 10.5. The van der Waals surface area contributed by atoms with Gasteiger partial charge in [-0.05, 0) is 60.2 Å². The first-order chi connectivity index (χ1) is 18.9. The molecule has 0 saturated heterocycles. The molecular formula is C34H37F3N2O. The average Bonchev–Trinajstić information content (AvgIpc) is 2.91. The molecule has 1 aromatic heterocycles. The Morgan fingerprint density at radius 2 is 1.38 bits per heavy atom. The molecule has 0 saturated carbocycles. The van der Waals surface area contributed by atoms with Crippen LogP contribution in [0, 0.1) is 12.8 Å². The van der Waals surface area contributed by atoms with Crippen molar-refractivity contribution in [3.8, 4) is 11.1 Å². The van der Waals surface area contributed by atoms with Crippen LogP contribution in [0.15, 0.2) is 97.7 Å². The van der Waals surface area contributed by atoms with Gasteiger partial charge in [0.15, 0.2) is 0 Å². The molecule has 0 amide bonds. The number of alkyl halides is 3. The van der Waals surface area contributed by atoms with Crippen LogP contribution in [0.3, 0.4) is 0 Å². The van der Waals surface area contributed by atoms with E-state index in [-0.39, 0.29) is 5.76 Å². The summed E-state index contributed by atoms with van der Waals surface area (Å²) in [6.07, 6.45) is -1.85. The van der Waals surface area contributed by atoms with Gasteiger partial charge in [-0.2, -0.15) is 13.2 Å². The third-order valence-corrected chi connectivity index (χ3v) is 6.07.